The number of carboxylic acids is 1. The normalized spacial score (nSPS) is 9.50. The molecule has 1 aromatic carbocycles. The van der Waals surface area contributed by atoms with Gasteiger partial charge in [0.15, 0.2) is 0 Å². The van der Waals surface area contributed by atoms with Gasteiger partial charge in [-0.3, -0.25) is 10.5 Å². The second-order valence-corrected chi connectivity index (χ2v) is 3.88. The fraction of sp³-hybridized carbons (Fsp3) is 0.214. The van der Waals surface area contributed by atoms with Crippen molar-refractivity contribution >= 4 is 23.4 Å². The van der Waals surface area contributed by atoms with Crippen LogP contribution in [0.15, 0.2) is 42.5 Å². The highest BCUT2D eigenvalue weighted by Gasteiger charge is 2.10. The molecule has 106 valence electrons. The number of nitrogen functional groups attached to an aromatic ring is 1. The minimum Gasteiger partial charge on any atom is -0.481 e. The fourth-order valence-electron chi connectivity index (χ4n) is 1.61. The van der Waals surface area contributed by atoms with Gasteiger partial charge in [-0.1, -0.05) is 35.4 Å². The quantitative estimate of drug-likeness (QED) is 0.667. The summed E-state index contributed by atoms with van der Waals surface area (Å²) in [5.74, 6) is -0.412. The van der Waals surface area contributed by atoms with Crippen molar-refractivity contribution in [3.05, 3.63) is 42.5 Å². The van der Waals surface area contributed by atoms with Crippen molar-refractivity contribution in [2.24, 2.45) is 0 Å². The van der Waals surface area contributed by atoms with Gasteiger partial charge in [-0.05, 0) is 6.07 Å². The number of nitrogens with two attached hydrogens (primary N) is 1. The number of halogens is 1. The molecule has 2 rings (SSSR count). The first-order valence-corrected chi connectivity index (χ1v) is 6.74. The minimum absolute atomic E-state index is 0.000109. The maximum atomic E-state index is 10.6. The number of nitrogens with zero attached hydrogens (tertiary/aromatic N) is 2. The van der Waals surface area contributed by atoms with Gasteiger partial charge in [-0.15, -0.1) is 16.3 Å². The number of anilines is 1. The first-order chi connectivity index (χ1) is 9.66. The van der Waals surface area contributed by atoms with Gasteiger partial charge in [-0.2, -0.15) is 0 Å². The van der Waals surface area contributed by atoms with Crippen LogP contribution in [0.5, 0.6) is 0 Å². The van der Waals surface area contributed by atoms with Crippen LogP contribution < -0.4 is 10.4 Å². The molecule has 0 unspecified atom stereocenters. The van der Waals surface area contributed by atoms with Crippen LogP contribution in [0.3, 0.4) is 0 Å². The number of carboxylic acid groups (broad SMARTS) is 1. The number of carbonyl (C=O) groups is 1. The minimum atomic E-state index is -0.867. The van der Waals surface area contributed by atoms with Crippen molar-refractivity contribution < 1.29 is 14.6 Å². The van der Waals surface area contributed by atoms with Crippen LogP contribution in [-0.4, -0.2) is 22.6 Å². The van der Waals surface area contributed by atoms with E-state index in [9.17, 15) is 4.79 Å². The van der Waals surface area contributed by atoms with E-state index < -0.39 is 5.97 Å². The summed E-state index contributed by atoms with van der Waals surface area (Å²) < 4.78 is 1.51. The highest BCUT2D eigenvalue weighted by Crippen LogP contribution is 2.14. The maximum Gasteiger partial charge on any atom is 0.307 e. The summed E-state index contributed by atoms with van der Waals surface area (Å²) in [5.41, 5.74) is 7.51. The third kappa shape index (κ3) is 4.51. The largest absolute Gasteiger partial charge is 0.481 e. The Bertz CT molecular complexity index is 562. The van der Waals surface area contributed by atoms with E-state index in [0.29, 0.717) is 5.82 Å². The smallest absolute Gasteiger partial charge is 0.307 e. The van der Waals surface area contributed by atoms with Gasteiger partial charge >= 0.3 is 5.97 Å². The summed E-state index contributed by atoms with van der Waals surface area (Å²) in [7, 11) is 0. The average molecular weight is 295 g/mol. The van der Waals surface area contributed by atoms with Crippen molar-refractivity contribution in [3.8, 4) is 11.3 Å². The van der Waals surface area contributed by atoms with Gasteiger partial charge in [0.1, 0.15) is 12.2 Å². The Morgan fingerprint density at radius 2 is 1.90 bits per heavy atom. The summed E-state index contributed by atoms with van der Waals surface area (Å²) in [6, 6.07) is 13.2. The van der Waals surface area contributed by atoms with Crippen LogP contribution in [0.1, 0.15) is 6.42 Å². The summed E-state index contributed by atoms with van der Waals surface area (Å²) in [4.78, 5) is 10.6. The highest BCUT2D eigenvalue weighted by molar-refractivity contribution is 6.15. The molecule has 0 aliphatic heterocycles. The number of aromatic nitrogens is 2. The van der Waals surface area contributed by atoms with Crippen molar-refractivity contribution in [2.75, 3.05) is 12.1 Å². The zero-order chi connectivity index (χ0) is 15.0. The highest BCUT2D eigenvalue weighted by atomic mass is 35.5. The van der Waals surface area contributed by atoms with Crippen molar-refractivity contribution in [1.29, 1.82) is 0 Å². The third-order valence-electron chi connectivity index (χ3n) is 2.55. The number of benzene rings is 1. The van der Waals surface area contributed by atoms with Crippen molar-refractivity contribution in [3.63, 3.8) is 0 Å². The fourth-order valence-corrected chi connectivity index (χ4v) is 1.61. The topological polar surface area (TPSA) is 80.1 Å². The Labute approximate surface area is 122 Å². The Hall–Kier alpha value is -2.14. The van der Waals surface area contributed by atoms with Gasteiger partial charge < -0.3 is 5.11 Å². The standard InChI is InChI=1S/C13H13N3O2.CH3Cl/c14-12-7-6-11(10-4-2-1-3-5-10)15-16(12)9-8-13(17)18;1-2/h1-7,14H,8-9H2,(H,17,18);1H3/p+1. The van der Waals surface area contributed by atoms with E-state index in [1.807, 2.05) is 36.4 Å². The van der Waals surface area contributed by atoms with E-state index in [0.717, 1.165) is 11.3 Å². The Kier molecular flexibility index (Phi) is 6.46. The molecular formula is C14H17ClN3O2+. The van der Waals surface area contributed by atoms with Crippen molar-refractivity contribution in [2.45, 2.75) is 13.0 Å². The molecule has 5 nitrogen and oxygen atoms in total. The Morgan fingerprint density at radius 1 is 1.25 bits per heavy atom. The molecule has 20 heavy (non-hydrogen) atoms. The third-order valence-corrected chi connectivity index (χ3v) is 2.55. The Morgan fingerprint density at radius 3 is 2.50 bits per heavy atom. The van der Waals surface area contributed by atoms with Gasteiger partial charge in [-0.25, -0.2) is 0 Å². The molecule has 0 fully saturated rings. The van der Waals surface area contributed by atoms with E-state index >= 15 is 0 Å². The first kappa shape index (κ1) is 15.9. The lowest BCUT2D eigenvalue weighted by Gasteiger charge is -2.03. The van der Waals surface area contributed by atoms with Crippen molar-refractivity contribution in [1.82, 2.24) is 5.10 Å². The van der Waals surface area contributed by atoms with Gasteiger partial charge in [0, 0.05) is 18.0 Å². The van der Waals surface area contributed by atoms with Crippen LogP contribution in [0.2, 0.25) is 0 Å². The Balaban J connectivity index is 0.000000956. The molecule has 0 radical (unpaired) electrons. The SMILES string of the molecule is CCl.Nc1ccc(-c2ccccc2)n[n+]1CCC(=O)O. The van der Waals surface area contributed by atoms with Crippen LogP contribution in [-0.2, 0) is 11.3 Å². The number of aryl methyl sites for hydroxylation is 1. The van der Waals surface area contributed by atoms with Gasteiger partial charge in [0.25, 0.3) is 5.82 Å². The van der Waals surface area contributed by atoms with E-state index in [4.69, 9.17) is 10.8 Å². The molecule has 0 aliphatic carbocycles. The number of aliphatic carboxylic acids is 1. The molecule has 0 saturated heterocycles. The molecule has 2 aromatic rings. The maximum absolute atomic E-state index is 10.6. The van der Waals surface area contributed by atoms with Crippen LogP contribution in [0.25, 0.3) is 11.3 Å². The lowest BCUT2D eigenvalue weighted by Crippen LogP contribution is -2.42. The molecule has 0 atom stereocenters. The molecule has 0 bridgehead atoms. The van der Waals surface area contributed by atoms with E-state index in [1.54, 1.807) is 6.07 Å². The van der Waals surface area contributed by atoms with E-state index in [1.165, 1.54) is 11.1 Å². The van der Waals surface area contributed by atoms with Crippen LogP contribution >= 0.6 is 11.6 Å². The molecule has 1 heterocycles. The predicted octanol–water partition coefficient (Wildman–Crippen LogP) is 1.95. The summed E-state index contributed by atoms with van der Waals surface area (Å²) in [6.45, 7) is 0.266. The molecule has 1 aromatic heterocycles. The second kappa shape index (κ2) is 8.12. The summed E-state index contributed by atoms with van der Waals surface area (Å²) in [6.07, 6.45) is 1.47. The zero-order valence-corrected chi connectivity index (χ0v) is 11.9. The van der Waals surface area contributed by atoms with Crippen LogP contribution in [0.4, 0.5) is 5.82 Å². The molecule has 0 amide bonds. The number of hydrogen-bond donors (Lipinski definition) is 2. The lowest BCUT2D eigenvalue weighted by molar-refractivity contribution is -0.738. The average Bonchev–Trinajstić information content (AvgIpc) is 2.49. The van der Waals surface area contributed by atoms with Gasteiger partial charge in [0.05, 0.1) is 6.42 Å². The monoisotopic (exact) mass is 294 g/mol. The lowest BCUT2D eigenvalue weighted by atomic mass is 10.1. The second-order valence-electron chi connectivity index (χ2n) is 3.88. The van der Waals surface area contributed by atoms with Gasteiger partial charge in [0.2, 0.25) is 0 Å². The molecule has 6 heteroatoms. The van der Waals surface area contributed by atoms with E-state index in [2.05, 4.69) is 16.7 Å². The summed E-state index contributed by atoms with van der Waals surface area (Å²) >= 11 is 4.64. The predicted molar refractivity (Wildman–Crippen MR) is 78.3 cm³/mol. The molecular weight excluding hydrogens is 278 g/mol. The molecule has 0 spiro atoms. The molecule has 3 N–H and O–H groups in total. The zero-order valence-electron chi connectivity index (χ0n) is 11.2. The van der Waals surface area contributed by atoms with E-state index in [-0.39, 0.29) is 13.0 Å². The number of rotatable bonds is 4. The first-order valence-electron chi connectivity index (χ1n) is 5.98. The molecule has 0 aliphatic rings. The molecule has 0 saturated carbocycles. The van der Waals surface area contributed by atoms with Crippen LogP contribution in [0, 0.1) is 0 Å². The number of alkyl halides is 1. The number of hydrogen-bond acceptors (Lipinski definition) is 3. The summed E-state index contributed by atoms with van der Waals surface area (Å²) in [5, 5.41) is 13.0.